The summed E-state index contributed by atoms with van der Waals surface area (Å²) in [4.78, 5) is 39.3. The number of hydrazine groups is 1. The second-order valence-corrected chi connectivity index (χ2v) is 5.49. The van der Waals surface area contributed by atoms with Crippen LogP contribution >= 0.6 is 0 Å². The van der Waals surface area contributed by atoms with Crippen LogP contribution < -0.4 is 16.2 Å². The van der Waals surface area contributed by atoms with Gasteiger partial charge in [-0.2, -0.15) is 0 Å². The minimum absolute atomic E-state index is 0.0101. The van der Waals surface area contributed by atoms with E-state index in [0.717, 1.165) is 12.8 Å². The second-order valence-electron chi connectivity index (χ2n) is 5.49. The molecule has 1 aliphatic rings. The quantitative estimate of drug-likeness (QED) is 0.742. The SMILES string of the molecule is O=C(NNC(=O)c1cccnc1)c1ccc(NC(=O)C2CC2)cc1. The molecule has 0 bridgehead atoms. The van der Waals surface area contributed by atoms with Crippen LogP contribution in [0.4, 0.5) is 5.69 Å². The van der Waals surface area contributed by atoms with E-state index in [1.165, 1.54) is 6.20 Å². The summed E-state index contributed by atoms with van der Waals surface area (Å²) in [5, 5.41) is 2.79. The first kappa shape index (κ1) is 15.7. The number of hydrogen-bond donors (Lipinski definition) is 3. The van der Waals surface area contributed by atoms with Gasteiger partial charge in [0.25, 0.3) is 11.8 Å². The zero-order valence-electron chi connectivity index (χ0n) is 12.8. The average Bonchev–Trinajstić information content (AvgIpc) is 3.46. The third-order valence-corrected chi connectivity index (χ3v) is 3.58. The van der Waals surface area contributed by atoms with E-state index in [4.69, 9.17) is 0 Å². The Labute approximate surface area is 138 Å². The molecule has 7 heteroatoms. The molecule has 0 radical (unpaired) electrons. The summed E-state index contributed by atoms with van der Waals surface area (Å²) in [5.41, 5.74) is 6.00. The Bertz CT molecular complexity index is 755. The number of carbonyl (C=O) groups excluding carboxylic acids is 3. The van der Waals surface area contributed by atoms with Crippen LogP contribution in [0.3, 0.4) is 0 Å². The van der Waals surface area contributed by atoms with Gasteiger partial charge in [-0.3, -0.25) is 30.2 Å². The summed E-state index contributed by atoms with van der Waals surface area (Å²) in [7, 11) is 0. The Balaban J connectivity index is 1.53. The minimum Gasteiger partial charge on any atom is -0.326 e. The number of benzene rings is 1. The van der Waals surface area contributed by atoms with E-state index in [0.29, 0.717) is 16.8 Å². The van der Waals surface area contributed by atoms with Crippen molar-refractivity contribution >= 4 is 23.4 Å². The Kier molecular flexibility index (Phi) is 4.51. The molecule has 7 nitrogen and oxygen atoms in total. The summed E-state index contributed by atoms with van der Waals surface area (Å²) in [5.74, 6) is -0.774. The van der Waals surface area contributed by atoms with E-state index in [2.05, 4.69) is 21.2 Å². The molecule has 1 fully saturated rings. The summed E-state index contributed by atoms with van der Waals surface area (Å²) < 4.78 is 0. The predicted octanol–water partition coefficient (Wildman–Crippen LogP) is 1.50. The fourth-order valence-corrected chi connectivity index (χ4v) is 2.05. The van der Waals surface area contributed by atoms with E-state index in [-0.39, 0.29) is 11.8 Å². The molecule has 0 saturated heterocycles. The van der Waals surface area contributed by atoms with E-state index < -0.39 is 11.8 Å². The van der Waals surface area contributed by atoms with Crippen LogP contribution in [0.15, 0.2) is 48.8 Å². The largest absolute Gasteiger partial charge is 0.326 e. The number of nitrogens with zero attached hydrogens (tertiary/aromatic N) is 1. The third-order valence-electron chi connectivity index (χ3n) is 3.58. The average molecular weight is 324 g/mol. The van der Waals surface area contributed by atoms with Gasteiger partial charge < -0.3 is 5.32 Å². The number of carbonyl (C=O) groups is 3. The molecule has 0 spiro atoms. The van der Waals surface area contributed by atoms with Crippen LogP contribution in [0.5, 0.6) is 0 Å². The van der Waals surface area contributed by atoms with Crippen LogP contribution in [0.25, 0.3) is 0 Å². The van der Waals surface area contributed by atoms with Gasteiger partial charge >= 0.3 is 0 Å². The molecule has 3 N–H and O–H groups in total. The van der Waals surface area contributed by atoms with Crippen molar-refractivity contribution in [2.45, 2.75) is 12.8 Å². The zero-order chi connectivity index (χ0) is 16.9. The van der Waals surface area contributed by atoms with Crippen LogP contribution in [0.2, 0.25) is 0 Å². The number of rotatable bonds is 4. The van der Waals surface area contributed by atoms with Crippen LogP contribution in [-0.2, 0) is 4.79 Å². The highest BCUT2D eigenvalue weighted by Gasteiger charge is 2.29. The molecule has 3 amide bonds. The van der Waals surface area contributed by atoms with Gasteiger partial charge in [0, 0.05) is 29.6 Å². The lowest BCUT2D eigenvalue weighted by Gasteiger charge is -2.08. The monoisotopic (exact) mass is 324 g/mol. The molecular weight excluding hydrogens is 308 g/mol. The Morgan fingerprint density at radius 3 is 2.17 bits per heavy atom. The lowest BCUT2D eigenvalue weighted by Crippen LogP contribution is -2.41. The van der Waals surface area contributed by atoms with Gasteiger partial charge in [0.2, 0.25) is 5.91 Å². The molecule has 1 aliphatic carbocycles. The molecule has 1 aromatic heterocycles. The standard InChI is InChI=1S/C17H16N4O3/c22-15(11-3-4-11)19-14-7-5-12(6-8-14)16(23)20-21-17(24)13-2-1-9-18-10-13/h1-2,5-11H,3-4H2,(H,19,22)(H,20,23)(H,21,24). The molecule has 122 valence electrons. The highest BCUT2D eigenvalue weighted by molar-refractivity contribution is 5.99. The maximum atomic E-state index is 12.0. The number of aromatic nitrogens is 1. The molecular formula is C17H16N4O3. The van der Waals surface area contributed by atoms with Crippen LogP contribution in [-0.4, -0.2) is 22.7 Å². The number of nitrogens with one attached hydrogen (secondary N) is 3. The first-order chi connectivity index (χ1) is 11.6. The number of pyridine rings is 1. The summed E-state index contributed by atoms with van der Waals surface area (Å²) >= 11 is 0. The van der Waals surface area contributed by atoms with Crippen molar-refractivity contribution < 1.29 is 14.4 Å². The van der Waals surface area contributed by atoms with Crippen molar-refractivity contribution in [2.24, 2.45) is 5.92 Å². The van der Waals surface area contributed by atoms with Gasteiger partial charge in [-0.25, -0.2) is 0 Å². The van der Waals surface area contributed by atoms with Gasteiger partial charge in [0.15, 0.2) is 0 Å². The summed E-state index contributed by atoms with van der Waals surface area (Å²) in [6.45, 7) is 0. The second kappa shape index (κ2) is 6.91. The fourth-order valence-electron chi connectivity index (χ4n) is 2.05. The maximum absolute atomic E-state index is 12.0. The van der Waals surface area contributed by atoms with Crippen LogP contribution in [0, 0.1) is 5.92 Å². The van der Waals surface area contributed by atoms with Crippen molar-refractivity contribution in [2.75, 3.05) is 5.32 Å². The van der Waals surface area contributed by atoms with Crippen molar-refractivity contribution in [3.63, 3.8) is 0 Å². The number of amides is 3. The van der Waals surface area contributed by atoms with Crippen molar-refractivity contribution in [3.05, 3.63) is 59.9 Å². The van der Waals surface area contributed by atoms with E-state index in [9.17, 15) is 14.4 Å². The molecule has 1 heterocycles. The third kappa shape index (κ3) is 3.95. The van der Waals surface area contributed by atoms with Gasteiger partial charge in [0.05, 0.1) is 5.56 Å². The summed E-state index contributed by atoms with van der Waals surface area (Å²) in [6.07, 6.45) is 4.82. The molecule has 0 atom stereocenters. The zero-order valence-corrected chi connectivity index (χ0v) is 12.8. The first-order valence-electron chi connectivity index (χ1n) is 7.55. The topological polar surface area (TPSA) is 100 Å². The smallest absolute Gasteiger partial charge is 0.271 e. The summed E-state index contributed by atoms with van der Waals surface area (Å²) in [6, 6.07) is 9.68. The lowest BCUT2D eigenvalue weighted by molar-refractivity contribution is -0.117. The van der Waals surface area contributed by atoms with Crippen molar-refractivity contribution in [1.82, 2.24) is 15.8 Å². The molecule has 3 rings (SSSR count). The number of hydrogen-bond acceptors (Lipinski definition) is 4. The molecule has 2 aromatic rings. The molecule has 0 unspecified atom stereocenters. The van der Waals surface area contributed by atoms with Crippen LogP contribution in [0.1, 0.15) is 33.6 Å². The van der Waals surface area contributed by atoms with Gasteiger partial charge in [0.1, 0.15) is 0 Å². The maximum Gasteiger partial charge on any atom is 0.271 e. The van der Waals surface area contributed by atoms with Gasteiger partial charge in [-0.15, -0.1) is 0 Å². The highest BCUT2D eigenvalue weighted by atomic mass is 16.2. The van der Waals surface area contributed by atoms with Crippen molar-refractivity contribution in [1.29, 1.82) is 0 Å². The fraction of sp³-hybridized carbons (Fsp3) is 0.176. The van der Waals surface area contributed by atoms with Gasteiger partial charge in [-0.1, -0.05) is 0 Å². The van der Waals surface area contributed by atoms with Crippen molar-refractivity contribution in [3.8, 4) is 0 Å². The lowest BCUT2D eigenvalue weighted by atomic mass is 10.2. The van der Waals surface area contributed by atoms with E-state index in [1.807, 2.05) is 0 Å². The molecule has 1 aromatic carbocycles. The first-order valence-corrected chi connectivity index (χ1v) is 7.55. The Morgan fingerprint density at radius 2 is 1.58 bits per heavy atom. The highest BCUT2D eigenvalue weighted by Crippen LogP contribution is 2.30. The molecule has 0 aliphatic heterocycles. The number of anilines is 1. The predicted molar refractivity (Wildman–Crippen MR) is 87.0 cm³/mol. The molecule has 24 heavy (non-hydrogen) atoms. The van der Waals surface area contributed by atoms with Gasteiger partial charge in [-0.05, 0) is 49.2 Å². The van der Waals surface area contributed by atoms with E-state index in [1.54, 1.807) is 42.6 Å². The van der Waals surface area contributed by atoms with E-state index >= 15 is 0 Å². The normalized spacial score (nSPS) is 13.0. The minimum atomic E-state index is -0.454. The Hall–Kier alpha value is -3.22. The molecule has 1 saturated carbocycles. The Morgan fingerprint density at radius 1 is 0.917 bits per heavy atom.